The summed E-state index contributed by atoms with van der Waals surface area (Å²) < 4.78 is 0. The first-order chi connectivity index (χ1) is 7.93. The van der Waals surface area contributed by atoms with Crippen molar-refractivity contribution in [1.29, 1.82) is 0 Å². The highest BCUT2D eigenvalue weighted by atomic mass is 32.2. The van der Waals surface area contributed by atoms with Crippen LogP contribution in [0.1, 0.15) is 32.8 Å². The minimum Gasteiger partial charge on any atom is -0.481 e. The van der Waals surface area contributed by atoms with E-state index >= 15 is 0 Å². The maximum absolute atomic E-state index is 10.7. The van der Waals surface area contributed by atoms with Gasteiger partial charge >= 0.3 is 5.97 Å². The predicted octanol–water partition coefficient (Wildman–Crippen LogP) is 3.84. The fraction of sp³-hybridized carbons (Fsp3) is 0.500. The van der Waals surface area contributed by atoms with E-state index in [9.17, 15) is 4.79 Å². The number of hydrogen-bond donors (Lipinski definition) is 1. The van der Waals surface area contributed by atoms with E-state index in [-0.39, 0.29) is 11.8 Å². The number of rotatable bonds is 6. The Morgan fingerprint density at radius 1 is 1.29 bits per heavy atom. The van der Waals surface area contributed by atoms with Crippen molar-refractivity contribution >= 4 is 17.7 Å². The van der Waals surface area contributed by atoms with Gasteiger partial charge in [0.25, 0.3) is 0 Å². The van der Waals surface area contributed by atoms with Gasteiger partial charge in [0, 0.05) is 4.90 Å². The van der Waals surface area contributed by atoms with Crippen molar-refractivity contribution in [3.05, 3.63) is 29.8 Å². The molecule has 0 aliphatic heterocycles. The average molecular weight is 252 g/mol. The Bertz CT molecular complexity index is 368. The quantitative estimate of drug-likeness (QED) is 0.782. The van der Waals surface area contributed by atoms with Crippen molar-refractivity contribution < 1.29 is 9.90 Å². The first-order valence-corrected chi connectivity index (χ1v) is 6.85. The second kappa shape index (κ2) is 6.10. The average Bonchev–Trinajstić information content (AvgIpc) is 2.18. The van der Waals surface area contributed by atoms with Gasteiger partial charge in [-0.25, -0.2) is 0 Å². The van der Waals surface area contributed by atoms with Crippen molar-refractivity contribution in [2.75, 3.05) is 5.75 Å². The van der Waals surface area contributed by atoms with Gasteiger partial charge < -0.3 is 5.11 Å². The first kappa shape index (κ1) is 14.1. The molecule has 1 aromatic carbocycles. The van der Waals surface area contributed by atoms with E-state index in [1.165, 1.54) is 10.5 Å². The van der Waals surface area contributed by atoms with Gasteiger partial charge in [-0.05, 0) is 35.3 Å². The molecule has 94 valence electrons. The Labute approximate surface area is 107 Å². The zero-order valence-electron chi connectivity index (χ0n) is 10.7. The summed E-state index contributed by atoms with van der Waals surface area (Å²) in [4.78, 5) is 12.0. The summed E-state index contributed by atoms with van der Waals surface area (Å²) >= 11 is 1.82. The number of hydrogen-bond acceptors (Lipinski definition) is 2. The third-order valence-corrected chi connectivity index (χ3v) is 3.44. The molecule has 0 radical (unpaired) electrons. The van der Waals surface area contributed by atoms with Crippen LogP contribution in [0.2, 0.25) is 0 Å². The molecule has 0 saturated heterocycles. The molecule has 2 nitrogen and oxygen atoms in total. The van der Waals surface area contributed by atoms with Crippen molar-refractivity contribution in [1.82, 2.24) is 0 Å². The lowest BCUT2D eigenvalue weighted by Crippen LogP contribution is -2.19. The van der Waals surface area contributed by atoms with Crippen molar-refractivity contribution in [3.8, 4) is 0 Å². The van der Waals surface area contributed by atoms with E-state index < -0.39 is 5.97 Å². The van der Waals surface area contributed by atoms with Crippen LogP contribution in [0, 0.1) is 5.41 Å². The number of thioether (sulfide) groups is 1. The standard InChI is InChI=1S/C14H20O2S/c1-4-17-12-7-5-11(6-8-12)9-14(2,3)10-13(15)16/h5-8H,4,9-10H2,1-3H3,(H,15,16). The Hall–Kier alpha value is -0.960. The largest absolute Gasteiger partial charge is 0.481 e. The van der Waals surface area contributed by atoms with Gasteiger partial charge in [0.1, 0.15) is 0 Å². The highest BCUT2D eigenvalue weighted by Gasteiger charge is 2.22. The van der Waals surface area contributed by atoms with Gasteiger partial charge in [-0.2, -0.15) is 0 Å². The maximum Gasteiger partial charge on any atom is 0.303 e. The van der Waals surface area contributed by atoms with Crippen LogP contribution >= 0.6 is 11.8 Å². The lowest BCUT2D eigenvalue weighted by Gasteiger charge is -2.22. The molecule has 0 bridgehead atoms. The molecular formula is C14H20O2S. The molecule has 0 atom stereocenters. The molecule has 0 unspecified atom stereocenters. The zero-order chi connectivity index (χ0) is 12.9. The van der Waals surface area contributed by atoms with Crippen LogP contribution < -0.4 is 0 Å². The predicted molar refractivity (Wildman–Crippen MR) is 72.6 cm³/mol. The van der Waals surface area contributed by atoms with Gasteiger partial charge in [0.2, 0.25) is 0 Å². The van der Waals surface area contributed by atoms with Gasteiger partial charge in [-0.1, -0.05) is 32.9 Å². The van der Waals surface area contributed by atoms with Gasteiger partial charge in [0.05, 0.1) is 6.42 Å². The molecule has 17 heavy (non-hydrogen) atoms. The lowest BCUT2D eigenvalue weighted by atomic mass is 9.83. The van der Waals surface area contributed by atoms with Crippen molar-refractivity contribution in [2.45, 2.75) is 38.5 Å². The van der Waals surface area contributed by atoms with Gasteiger partial charge in [-0.15, -0.1) is 11.8 Å². The van der Waals surface area contributed by atoms with Crippen LogP contribution in [0.5, 0.6) is 0 Å². The minimum atomic E-state index is -0.729. The van der Waals surface area contributed by atoms with E-state index in [2.05, 4.69) is 31.2 Å². The van der Waals surface area contributed by atoms with Crippen LogP contribution in [-0.4, -0.2) is 16.8 Å². The fourth-order valence-electron chi connectivity index (χ4n) is 1.89. The Kier molecular flexibility index (Phi) is 5.06. The molecule has 0 heterocycles. The number of benzene rings is 1. The molecular weight excluding hydrogens is 232 g/mol. The van der Waals surface area contributed by atoms with Gasteiger partial charge in [0.15, 0.2) is 0 Å². The van der Waals surface area contributed by atoms with Crippen LogP contribution in [0.15, 0.2) is 29.2 Å². The van der Waals surface area contributed by atoms with E-state index in [1.54, 1.807) is 0 Å². The van der Waals surface area contributed by atoms with Crippen LogP contribution in [0.4, 0.5) is 0 Å². The topological polar surface area (TPSA) is 37.3 Å². The molecule has 0 aromatic heterocycles. The van der Waals surface area contributed by atoms with E-state index in [1.807, 2.05) is 25.6 Å². The Balaban J connectivity index is 2.65. The molecule has 1 rings (SSSR count). The summed E-state index contributed by atoms with van der Waals surface area (Å²) in [6.45, 7) is 6.13. The molecule has 0 fully saturated rings. The highest BCUT2D eigenvalue weighted by Crippen LogP contribution is 2.27. The van der Waals surface area contributed by atoms with E-state index in [0.717, 1.165) is 12.2 Å². The SMILES string of the molecule is CCSc1ccc(CC(C)(C)CC(=O)O)cc1. The van der Waals surface area contributed by atoms with Crippen LogP contribution in [0.3, 0.4) is 0 Å². The summed E-state index contributed by atoms with van der Waals surface area (Å²) in [7, 11) is 0. The number of aliphatic carboxylic acids is 1. The second-order valence-electron chi connectivity index (χ2n) is 4.99. The minimum absolute atomic E-state index is 0.189. The van der Waals surface area contributed by atoms with Gasteiger partial charge in [-0.3, -0.25) is 4.79 Å². The zero-order valence-corrected chi connectivity index (χ0v) is 11.5. The van der Waals surface area contributed by atoms with Crippen LogP contribution in [-0.2, 0) is 11.2 Å². The molecule has 3 heteroatoms. The smallest absolute Gasteiger partial charge is 0.303 e. The molecule has 0 saturated carbocycles. The third-order valence-electron chi connectivity index (χ3n) is 2.55. The summed E-state index contributed by atoms with van der Waals surface area (Å²) in [5.41, 5.74) is 1.02. The van der Waals surface area contributed by atoms with E-state index in [4.69, 9.17) is 5.11 Å². The summed E-state index contributed by atoms with van der Waals surface area (Å²) in [6, 6.07) is 8.42. The third kappa shape index (κ3) is 5.26. The molecule has 0 aliphatic carbocycles. The first-order valence-electron chi connectivity index (χ1n) is 5.86. The van der Waals surface area contributed by atoms with E-state index in [0.29, 0.717) is 0 Å². The van der Waals surface area contributed by atoms with Crippen LogP contribution in [0.25, 0.3) is 0 Å². The highest BCUT2D eigenvalue weighted by molar-refractivity contribution is 7.99. The lowest BCUT2D eigenvalue weighted by molar-refractivity contribution is -0.139. The molecule has 1 N–H and O–H groups in total. The number of carboxylic acid groups (broad SMARTS) is 1. The second-order valence-corrected chi connectivity index (χ2v) is 6.33. The molecule has 0 spiro atoms. The monoisotopic (exact) mass is 252 g/mol. The summed E-state index contributed by atoms with van der Waals surface area (Å²) in [5.74, 6) is 0.345. The summed E-state index contributed by atoms with van der Waals surface area (Å²) in [5, 5.41) is 8.84. The normalized spacial score (nSPS) is 11.5. The van der Waals surface area contributed by atoms with Crippen molar-refractivity contribution in [3.63, 3.8) is 0 Å². The number of carbonyl (C=O) groups is 1. The van der Waals surface area contributed by atoms with Crippen molar-refractivity contribution in [2.24, 2.45) is 5.41 Å². The molecule has 0 aliphatic rings. The Morgan fingerprint density at radius 2 is 1.88 bits per heavy atom. The molecule has 1 aromatic rings. The maximum atomic E-state index is 10.7. The fourth-order valence-corrected chi connectivity index (χ4v) is 2.56. The number of carboxylic acids is 1. The summed E-state index contributed by atoms with van der Waals surface area (Å²) in [6.07, 6.45) is 1.01. The Morgan fingerprint density at radius 3 is 2.35 bits per heavy atom. The molecule has 0 amide bonds.